The summed E-state index contributed by atoms with van der Waals surface area (Å²) < 4.78 is 0. The van der Waals surface area contributed by atoms with Crippen molar-refractivity contribution in [1.29, 1.82) is 0 Å². The van der Waals surface area contributed by atoms with Gasteiger partial charge >= 0.3 is 5.97 Å². The fourth-order valence-electron chi connectivity index (χ4n) is 3.32. The van der Waals surface area contributed by atoms with E-state index in [9.17, 15) is 29.4 Å². The number of carbonyl (C=O) groups excluding carboxylic acids is 3. The van der Waals surface area contributed by atoms with Crippen LogP contribution in [0.4, 0.5) is 0 Å². The number of nitrogens with two attached hydrogens (primary N) is 1. The van der Waals surface area contributed by atoms with E-state index in [-0.39, 0.29) is 29.8 Å². The maximum Gasteiger partial charge on any atom is 0.326 e. The summed E-state index contributed by atoms with van der Waals surface area (Å²) in [5, 5.41) is 26.9. The van der Waals surface area contributed by atoms with Crippen molar-refractivity contribution >= 4 is 36.3 Å². The van der Waals surface area contributed by atoms with Gasteiger partial charge < -0.3 is 31.9 Å². The average molecular weight is 511 g/mol. The average Bonchev–Trinajstić information content (AvgIpc) is 2.84. The molecule has 35 heavy (non-hydrogen) atoms. The molecule has 0 saturated heterocycles. The fourth-order valence-corrected chi connectivity index (χ4v) is 3.49. The number of phenols is 1. The van der Waals surface area contributed by atoms with Crippen LogP contribution in [0, 0.1) is 11.8 Å². The van der Waals surface area contributed by atoms with Crippen LogP contribution >= 0.6 is 12.6 Å². The van der Waals surface area contributed by atoms with Crippen LogP contribution in [-0.2, 0) is 25.6 Å². The van der Waals surface area contributed by atoms with E-state index in [1.807, 2.05) is 13.8 Å². The smallest absolute Gasteiger partial charge is 0.326 e. The summed E-state index contributed by atoms with van der Waals surface area (Å²) in [5.41, 5.74) is 6.34. The third-order valence-corrected chi connectivity index (χ3v) is 6.50. The predicted octanol–water partition coefficient (Wildman–Crippen LogP) is 0.823. The second-order valence-electron chi connectivity index (χ2n) is 8.80. The van der Waals surface area contributed by atoms with E-state index in [0.717, 1.165) is 0 Å². The Bertz CT molecular complexity index is 866. The molecule has 0 aliphatic rings. The molecule has 0 fully saturated rings. The Morgan fingerprint density at radius 3 is 1.77 bits per heavy atom. The summed E-state index contributed by atoms with van der Waals surface area (Å²) in [6.07, 6.45) is 1.12. The van der Waals surface area contributed by atoms with Crippen molar-refractivity contribution in [2.24, 2.45) is 17.6 Å². The standard InChI is InChI=1S/C24H38N4O6S/c1-5-13(3)19(28-23(32)20(14(4)6-2)27-21(30)17(25)12-35)22(31)26-18(24(33)34)11-15-7-9-16(29)10-8-15/h7-10,13-14,17-20,29,35H,5-6,11-12,25H2,1-4H3,(H,26,31)(H,27,30)(H,28,32)(H,33,34). The molecule has 0 aliphatic carbocycles. The lowest BCUT2D eigenvalue weighted by Crippen LogP contribution is -2.60. The zero-order valence-electron chi connectivity index (χ0n) is 20.7. The van der Waals surface area contributed by atoms with Crippen LogP contribution in [0.1, 0.15) is 46.1 Å². The highest BCUT2D eigenvalue weighted by Crippen LogP contribution is 2.14. The summed E-state index contributed by atoms with van der Waals surface area (Å²) in [7, 11) is 0. The molecule has 0 aliphatic heterocycles. The predicted molar refractivity (Wildman–Crippen MR) is 136 cm³/mol. The Morgan fingerprint density at radius 1 is 0.886 bits per heavy atom. The minimum absolute atomic E-state index is 0.00427. The van der Waals surface area contributed by atoms with Gasteiger partial charge in [0.05, 0.1) is 6.04 Å². The van der Waals surface area contributed by atoms with Crippen molar-refractivity contribution in [2.75, 3.05) is 5.75 Å². The number of benzene rings is 1. The maximum atomic E-state index is 13.2. The van der Waals surface area contributed by atoms with Gasteiger partial charge in [-0.2, -0.15) is 12.6 Å². The quantitative estimate of drug-likeness (QED) is 0.182. The summed E-state index contributed by atoms with van der Waals surface area (Å²) >= 11 is 4.01. The van der Waals surface area contributed by atoms with Crippen molar-refractivity contribution < 1.29 is 29.4 Å². The number of carboxylic acid groups (broad SMARTS) is 1. The van der Waals surface area contributed by atoms with Crippen molar-refractivity contribution in [1.82, 2.24) is 16.0 Å². The van der Waals surface area contributed by atoms with Crippen molar-refractivity contribution in [2.45, 2.75) is 71.1 Å². The molecule has 0 radical (unpaired) electrons. The number of aromatic hydroxyl groups is 1. The van der Waals surface area contributed by atoms with E-state index in [1.165, 1.54) is 12.1 Å². The zero-order chi connectivity index (χ0) is 26.7. The number of thiol groups is 1. The number of carbonyl (C=O) groups is 4. The lowest BCUT2D eigenvalue weighted by atomic mass is 9.94. The van der Waals surface area contributed by atoms with Crippen LogP contribution in [0.15, 0.2) is 24.3 Å². The topological polar surface area (TPSA) is 171 Å². The van der Waals surface area contributed by atoms with Crippen molar-refractivity contribution in [3.8, 4) is 5.75 Å². The minimum atomic E-state index is -1.24. The van der Waals surface area contributed by atoms with Gasteiger partial charge in [-0.1, -0.05) is 52.7 Å². The summed E-state index contributed by atoms with van der Waals surface area (Å²) in [4.78, 5) is 50.4. The van der Waals surface area contributed by atoms with Crippen LogP contribution in [-0.4, -0.2) is 63.8 Å². The van der Waals surface area contributed by atoms with Crippen LogP contribution in [0.3, 0.4) is 0 Å². The molecule has 0 bridgehead atoms. The molecule has 0 saturated carbocycles. The van der Waals surface area contributed by atoms with Crippen LogP contribution in [0.5, 0.6) is 5.75 Å². The molecule has 1 rings (SSSR count). The van der Waals surface area contributed by atoms with E-state index < -0.39 is 47.9 Å². The first-order valence-corrected chi connectivity index (χ1v) is 12.4. The first kappa shape index (κ1) is 30.2. The third-order valence-electron chi connectivity index (χ3n) is 6.11. The van der Waals surface area contributed by atoms with Gasteiger partial charge in [0, 0.05) is 12.2 Å². The number of carboxylic acids is 1. The number of hydrogen-bond donors (Lipinski definition) is 7. The summed E-state index contributed by atoms with van der Waals surface area (Å²) in [5.74, 6) is -3.34. The van der Waals surface area contributed by atoms with Gasteiger partial charge in [0.25, 0.3) is 0 Å². The highest BCUT2D eigenvalue weighted by Gasteiger charge is 2.34. The van der Waals surface area contributed by atoms with E-state index in [4.69, 9.17) is 5.73 Å². The van der Waals surface area contributed by atoms with E-state index >= 15 is 0 Å². The lowest BCUT2D eigenvalue weighted by molar-refractivity contribution is -0.142. The van der Waals surface area contributed by atoms with Gasteiger partial charge in [-0.05, 0) is 29.5 Å². The Morgan fingerprint density at radius 2 is 1.34 bits per heavy atom. The second kappa shape index (κ2) is 14.6. The van der Waals surface area contributed by atoms with Crippen molar-refractivity contribution in [3.05, 3.63) is 29.8 Å². The molecule has 0 spiro atoms. The van der Waals surface area contributed by atoms with Crippen LogP contribution in [0.25, 0.3) is 0 Å². The minimum Gasteiger partial charge on any atom is -0.508 e. The van der Waals surface area contributed by atoms with E-state index in [0.29, 0.717) is 18.4 Å². The van der Waals surface area contributed by atoms with Gasteiger partial charge in [-0.15, -0.1) is 0 Å². The van der Waals surface area contributed by atoms with Gasteiger partial charge in [-0.3, -0.25) is 14.4 Å². The first-order chi connectivity index (χ1) is 16.4. The molecular formula is C24H38N4O6S. The highest BCUT2D eigenvalue weighted by atomic mass is 32.1. The molecule has 11 heteroatoms. The van der Waals surface area contributed by atoms with Crippen LogP contribution < -0.4 is 21.7 Å². The first-order valence-electron chi connectivity index (χ1n) is 11.7. The molecule has 0 heterocycles. The van der Waals surface area contributed by atoms with Gasteiger partial charge in [0.1, 0.15) is 23.9 Å². The second-order valence-corrected chi connectivity index (χ2v) is 9.17. The Hall–Kier alpha value is -2.79. The molecule has 3 amide bonds. The van der Waals surface area contributed by atoms with E-state index in [2.05, 4.69) is 28.6 Å². The highest BCUT2D eigenvalue weighted by molar-refractivity contribution is 7.80. The van der Waals surface area contributed by atoms with Gasteiger partial charge in [-0.25, -0.2) is 4.79 Å². The molecule has 0 aromatic heterocycles. The van der Waals surface area contributed by atoms with Gasteiger partial charge in [0.2, 0.25) is 17.7 Å². The number of aliphatic carboxylic acids is 1. The molecule has 1 aromatic rings. The summed E-state index contributed by atoms with van der Waals surface area (Å²) in [6.45, 7) is 7.29. The number of phenolic OH excluding ortho intramolecular Hbond substituents is 1. The Kier molecular flexibility index (Phi) is 12.6. The molecule has 7 N–H and O–H groups in total. The largest absolute Gasteiger partial charge is 0.508 e. The monoisotopic (exact) mass is 510 g/mol. The third kappa shape index (κ3) is 9.41. The Labute approximate surface area is 211 Å². The fraction of sp³-hybridized carbons (Fsp3) is 0.583. The number of hydrogen-bond acceptors (Lipinski definition) is 7. The molecule has 1 aromatic carbocycles. The van der Waals surface area contributed by atoms with Crippen molar-refractivity contribution in [3.63, 3.8) is 0 Å². The molecule has 10 nitrogen and oxygen atoms in total. The van der Waals surface area contributed by atoms with Crippen LogP contribution in [0.2, 0.25) is 0 Å². The van der Waals surface area contributed by atoms with E-state index in [1.54, 1.807) is 26.0 Å². The lowest BCUT2D eigenvalue weighted by Gasteiger charge is -2.30. The molecule has 6 unspecified atom stereocenters. The number of amides is 3. The summed E-state index contributed by atoms with van der Waals surface area (Å²) in [6, 6.07) is 1.93. The molecule has 196 valence electrons. The zero-order valence-corrected chi connectivity index (χ0v) is 21.5. The van der Waals surface area contributed by atoms with Gasteiger partial charge in [0.15, 0.2) is 0 Å². The Balaban J connectivity index is 3.06. The number of nitrogens with one attached hydrogen (secondary N) is 3. The SMILES string of the molecule is CCC(C)C(NC(=O)C(N)CS)C(=O)NC(C(=O)NC(Cc1ccc(O)cc1)C(=O)O)C(C)CC. The molecular weight excluding hydrogens is 472 g/mol. The molecule has 6 atom stereocenters. The number of rotatable bonds is 14. The normalized spacial score (nSPS) is 16.2. The maximum absolute atomic E-state index is 13.2.